The third kappa shape index (κ3) is 2.88. The second kappa shape index (κ2) is 6.13. The Bertz CT molecular complexity index is 773. The summed E-state index contributed by atoms with van der Waals surface area (Å²) in [7, 11) is 0. The molecule has 3 heterocycles. The van der Waals surface area contributed by atoms with E-state index in [1.807, 2.05) is 41.0 Å². The quantitative estimate of drug-likeness (QED) is 0.859. The molecule has 0 spiro atoms. The van der Waals surface area contributed by atoms with Crippen molar-refractivity contribution in [2.45, 2.75) is 44.9 Å². The predicted molar refractivity (Wildman–Crippen MR) is 91.3 cm³/mol. The fraction of sp³-hybridized carbons (Fsp3) is 0.444. The lowest BCUT2D eigenvalue weighted by Crippen LogP contribution is -2.45. The molecule has 24 heavy (non-hydrogen) atoms. The van der Waals surface area contributed by atoms with E-state index in [0.717, 1.165) is 42.8 Å². The van der Waals surface area contributed by atoms with Crippen LogP contribution in [0.4, 0.5) is 0 Å². The van der Waals surface area contributed by atoms with E-state index in [9.17, 15) is 4.79 Å². The second-order valence-corrected chi connectivity index (χ2v) is 7.07. The minimum Gasteiger partial charge on any atom is -0.480 e. The first-order chi connectivity index (χ1) is 11.6. The van der Waals surface area contributed by atoms with Crippen LogP contribution in [0.1, 0.15) is 24.0 Å². The van der Waals surface area contributed by atoms with Crippen LogP contribution in [0.5, 0.6) is 5.75 Å². The van der Waals surface area contributed by atoms with Crippen molar-refractivity contribution in [2.75, 3.05) is 6.54 Å². The fourth-order valence-electron chi connectivity index (χ4n) is 3.64. The molecule has 2 atom stereocenters. The Morgan fingerprint density at radius 1 is 1.46 bits per heavy atom. The Balaban J connectivity index is 1.46. The van der Waals surface area contributed by atoms with E-state index in [1.165, 1.54) is 0 Å². The van der Waals surface area contributed by atoms with Crippen LogP contribution in [-0.4, -0.2) is 39.3 Å². The number of hydrogen-bond donors (Lipinski definition) is 0. The highest BCUT2D eigenvalue weighted by atomic mass is 35.5. The van der Waals surface area contributed by atoms with Gasteiger partial charge >= 0.3 is 0 Å². The van der Waals surface area contributed by atoms with Crippen LogP contribution in [0.15, 0.2) is 30.6 Å². The highest BCUT2D eigenvalue weighted by Crippen LogP contribution is 2.33. The molecule has 1 aromatic heterocycles. The van der Waals surface area contributed by atoms with E-state index in [1.54, 1.807) is 6.07 Å². The van der Waals surface area contributed by atoms with Crippen molar-refractivity contribution in [1.29, 1.82) is 0 Å². The molecule has 0 unspecified atom stereocenters. The normalized spacial score (nSPS) is 22.5. The first kappa shape index (κ1) is 15.5. The van der Waals surface area contributed by atoms with Crippen LogP contribution < -0.4 is 4.74 Å². The molecule has 0 saturated carbocycles. The first-order valence-corrected chi connectivity index (χ1v) is 8.72. The molecule has 0 N–H and O–H groups in total. The number of likely N-dealkylation sites (tertiary alicyclic amines) is 1. The fourth-order valence-corrected chi connectivity index (χ4v) is 3.83. The molecule has 1 fully saturated rings. The SMILES string of the molecule is Cc1cnn(C[C@@H]2CCCN2C(=O)[C@@H]2Cc3cc(Cl)ccc3O2)c1. The average Bonchev–Trinajstić information content (AvgIpc) is 3.26. The van der Waals surface area contributed by atoms with Gasteiger partial charge in [0.2, 0.25) is 0 Å². The minimum absolute atomic E-state index is 0.0775. The molecule has 1 aromatic carbocycles. The van der Waals surface area contributed by atoms with Crippen molar-refractivity contribution < 1.29 is 9.53 Å². The Morgan fingerprint density at radius 3 is 3.12 bits per heavy atom. The van der Waals surface area contributed by atoms with Crippen molar-refractivity contribution in [2.24, 2.45) is 0 Å². The Kier molecular flexibility index (Phi) is 3.96. The third-order valence-corrected chi connectivity index (χ3v) is 5.03. The topological polar surface area (TPSA) is 47.4 Å². The van der Waals surface area contributed by atoms with Gasteiger partial charge in [0.1, 0.15) is 5.75 Å². The molecular formula is C18H20ClN3O2. The number of ether oxygens (including phenoxy) is 1. The Hall–Kier alpha value is -2.01. The molecule has 2 aromatic rings. The van der Waals surface area contributed by atoms with E-state index in [-0.39, 0.29) is 11.9 Å². The summed E-state index contributed by atoms with van der Waals surface area (Å²) in [5.74, 6) is 0.852. The second-order valence-electron chi connectivity index (χ2n) is 6.63. The van der Waals surface area contributed by atoms with E-state index < -0.39 is 6.10 Å². The number of carbonyl (C=O) groups excluding carboxylic acids is 1. The number of rotatable bonds is 3. The molecule has 126 valence electrons. The maximum absolute atomic E-state index is 12.9. The van der Waals surface area contributed by atoms with Crippen molar-refractivity contribution in [3.05, 3.63) is 46.7 Å². The molecule has 0 aliphatic carbocycles. The van der Waals surface area contributed by atoms with Gasteiger partial charge in [-0.25, -0.2) is 0 Å². The number of carbonyl (C=O) groups is 1. The number of aromatic nitrogens is 2. The number of fused-ring (bicyclic) bond motifs is 1. The van der Waals surface area contributed by atoms with Gasteiger partial charge < -0.3 is 9.64 Å². The van der Waals surface area contributed by atoms with Gasteiger partial charge in [-0.15, -0.1) is 0 Å². The van der Waals surface area contributed by atoms with Crippen molar-refractivity contribution in [3.63, 3.8) is 0 Å². The number of hydrogen-bond acceptors (Lipinski definition) is 3. The van der Waals surface area contributed by atoms with E-state index in [4.69, 9.17) is 16.3 Å². The highest BCUT2D eigenvalue weighted by Gasteiger charge is 2.37. The summed E-state index contributed by atoms with van der Waals surface area (Å²) in [6.07, 6.45) is 6.07. The van der Waals surface area contributed by atoms with Gasteiger partial charge in [0.25, 0.3) is 5.91 Å². The molecule has 2 aliphatic rings. The van der Waals surface area contributed by atoms with Gasteiger partial charge in [-0.2, -0.15) is 5.10 Å². The van der Waals surface area contributed by atoms with Crippen LogP contribution in [0.2, 0.25) is 5.02 Å². The largest absolute Gasteiger partial charge is 0.480 e. The summed E-state index contributed by atoms with van der Waals surface area (Å²) in [4.78, 5) is 14.9. The zero-order chi connectivity index (χ0) is 16.7. The van der Waals surface area contributed by atoms with E-state index >= 15 is 0 Å². The summed E-state index contributed by atoms with van der Waals surface area (Å²) in [6.45, 7) is 3.56. The van der Waals surface area contributed by atoms with Gasteiger partial charge in [-0.05, 0) is 49.1 Å². The van der Waals surface area contributed by atoms with Crippen LogP contribution in [0, 0.1) is 6.92 Å². The molecule has 4 rings (SSSR count). The van der Waals surface area contributed by atoms with Gasteiger partial charge in [-0.1, -0.05) is 11.6 Å². The molecule has 6 heteroatoms. The summed E-state index contributed by atoms with van der Waals surface area (Å²) < 4.78 is 7.79. The van der Waals surface area contributed by atoms with Crippen molar-refractivity contribution in [3.8, 4) is 5.75 Å². The van der Waals surface area contributed by atoms with Crippen molar-refractivity contribution in [1.82, 2.24) is 14.7 Å². The molecule has 1 amide bonds. The molecule has 1 saturated heterocycles. The van der Waals surface area contributed by atoms with Crippen LogP contribution >= 0.6 is 11.6 Å². The first-order valence-electron chi connectivity index (χ1n) is 8.35. The Labute approximate surface area is 146 Å². The van der Waals surface area contributed by atoms with Crippen LogP contribution in [0.3, 0.4) is 0 Å². The number of amides is 1. The average molecular weight is 346 g/mol. The van der Waals surface area contributed by atoms with E-state index in [2.05, 4.69) is 5.10 Å². The molecule has 2 aliphatic heterocycles. The summed E-state index contributed by atoms with van der Waals surface area (Å²) >= 11 is 6.03. The molecule has 5 nitrogen and oxygen atoms in total. The van der Waals surface area contributed by atoms with Crippen LogP contribution in [-0.2, 0) is 17.8 Å². The lowest BCUT2D eigenvalue weighted by Gasteiger charge is -2.27. The number of nitrogens with zero attached hydrogens (tertiary/aromatic N) is 3. The van der Waals surface area contributed by atoms with E-state index in [0.29, 0.717) is 11.4 Å². The lowest BCUT2D eigenvalue weighted by molar-refractivity contribution is -0.139. The Morgan fingerprint density at radius 2 is 2.33 bits per heavy atom. The summed E-state index contributed by atoms with van der Waals surface area (Å²) in [6, 6.07) is 5.72. The molecule has 0 bridgehead atoms. The van der Waals surface area contributed by atoms with Crippen molar-refractivity contribution >= 4 is 17.5 Å². The highest BCUT2D eigenvalue weighted by molar-refractivity contribution is 6.30. The third-order valence-electron chi connectivity index (χ3n) is 4.79. The smallest absolute Gasteiger partial charge is 0.264 e. The maximum atomic E-state index is 12.9. The zero-order valence-electron chi connectivity index (χ0n) is 13.6. The van der Waals surface area contributed by atoms with Crippen LogP contribution in [0.25, 0.3) is 0 Å². The summed E-state index contributed by atoms with van der Waals surface area (Å²) in [5.41, 5.74) is 2.15. The monoisotopic (exact) mass is 345 g/mol. The van der Waals surface area contributed by atoms with Gasteiger partial charge in [0, 0.05) is 24.2 Å². The number of aryl methyl sites for hydroxylation is 1. The summed E-state index contributed by atoms with van der Waals surface area (Å²) in [5, 5.41) is 5.02. The molecular weight excluding hydrogens is 326 g/mol. The minimum atomic E-state index is -0.432. The maximum Gasteiger partial charge on any atom is 0.264 e. The van der Waals surface area contributed by atoms with Gasteiger partial charge in [0.15, 0.2) is 6.10 Å². The predicted octanol–water partition coefficient (Wildman–Crippen LogP) is 2.84. The number of halogens is 1. The van der Waals surface area contributed by atoms with Gasteiger partial charge in [-0.3, -0.25) is 9.48 Å². The standard InChI is InChI=1S/C18H20ClN3O2/c1-12-9-20-21(10-12)11-15-3-2-6-22(15)18(23)17-8-13-7-14(19)4-5-16(13)24-17/h4-5,7,9-10,15,17H,2-3,6,8,11H2,1H3/t15-,17-/m0/s1. The number of benzene rings is 1. The lowest BCUT2D eigenvalue weighted by atomic mass is 10.1. The van der Waals surface area contributed by atoms with Gasteiger partial charge in [0.05, 0.1) is 18.8 Å². The molecule has 0 radical (unpaired) electrons. The zero-order valence-corrected chi connectivity index (χ0v) is 14.4.